The van der Waals surface area contributed by atoms with E-state index < -0.39 is 0 Å². The summed E-state index contributed by atoms with van der Waals surface area (Å²) in [6, 6.07) is 3.89. The Morgan fingerprint density at radius 3 is 3.07 bits per heavy atom. The molecule has 0 N–H and O–H groups in total. The number of rotatable bonds is 2. The summed E-state index contributed by atoms with van der Waals surface area (Å²) >= 11 is 5.70. The second-order valence-electron chi connectivity index (χ2n) is 2.59. The topological polar surface area (TPSA) is 27.1 Å². The van der Waals surface area contributed by atoms with Gasteiger partial charge in [-0.2, -0.15) is 4.98 Å². The molecular weight excluding hydrogens is 379 g/mol. The molecule has 0 amide bonds. The van der Waals surface area contributed by atoms with E-state index in [2.05, 4.69) is 42.1 Å². The number of aromatic nitrogens is 2. The van der Waals surface area contributed by atoms with Gasteiger partial charge in [0, 0.05) is 52.4 Å². The molecule has 0 aliphatic heterocycles. The predicted octanol–water partition coefficient (Wildman–Crippen LogP) is 3.65. The van der Waals surface area contributed by atoms with Crippen LogP contribution in [0.5, 0.6) is 5.88 Å². The monoisotopic (exact) mass is 384 g/mol. The number of hydrogen-bond donors (Lipinski definition) is 0. The van der Waals surface area contributed by atoms with Crippen molar-refractivity contribution in [3.8, 4) is 5.88 Å². The van der Waals surface area contributed by atoms with Gasteiger partial charge in [0.05, 0.1) is 7.11 Å². The quantitative estimate of drug-likeness (QED) is 0.739. The lowest BCUT2D eigenvalue weighted by atomic mass is 10.3. The lowest BCUT2D eigenvalue weighted by Gasteiger charge is -2.02. The Kier molecular flexibility index (Phi) is 3.23. The minimum atomic E-state index is 0.620. The number of methoxy groups -OCH3 is 1. The Balaban J connectivity index is 2.73. The number of nitrogens with zero attached hydrogens (tertiary/aromatic N) is 2. The van der Waals surface area contributed by atoms with Crippen LogP contribution in [0.3, 0.4) is 0 Å². The molecule has 0 aliphatic rings. The minimum absolute atomic E-state index is 0.620. The van der Waals surface area contributed by atoms with E-state index in [9.17, 15) is 0 Å². The molecule has 6 heteroatoms. The summed E-state index contributed by atoms with van der Waals surface area (Å²) in [4.78, 5) is 4.37. The Bertz CT molecular complexity index is 474. The molecule has 0 aromatic carbocycles. The highest BCUT2D eigenvalue weighted by Crippen LogP contribution is 2.30. The molecule has 2 aromatic rings. The molecular formula is C8H6BrIN2OS. The van der Waals surface area contributed by atoms with Crippen molar-refractivity contribution in [3.63, 3.8) is 0 Å². The number of fused-ring (bicyclic) bond motifs is 1. The van der Waals surface area contributed by atoms with Gasteiger partial charge < -0.3 is 4.74 Å². The van der Waals surface area contributed by atoms with Crippen LogP contribution in [0, 0.1) is 0 Å². The van der Waals surface area contributed by atoms with E-state index in [1.54, 1.807) is 16.2 Å². The van der Waals surface area contributed by atoms with Gasteiger partial charge in [0.2, 0.25) is 5.88 Å². The van der Waals surface area contributed by atoms with Gasteiger partial charge in [-0.15, -0.1) is 0 Å². The van der Waals surface area contributed by atoms with Crippen molar-refractivity contribution in [2.75, 3.05) is 7.11 Å². The van der Waals surface area contributed by atoms with E-state index >= 15 is 0 Å². The lowest BCUT2D eigenvalue weighted by Crippen LogP contribution is -1.90. The van der Waals surface area contributed by atoms with Crippen LogP contribution in [-0.2, 0) is 0 Å². The van der Waals surface area contributed by atoms with Crippen LogP contribution in [0.15, 0.2) is 22.8 Å². The fraction of sp³-hybridized carbons (Fsp3) is 0.125. The second kappa shape index (κ2) is 4.28. The van der Waals surface area contributed by atoms with Crippen molar-refractivity contribution in [2.24, 2.45) is 0 Å². The first-order valence-electron chi connectivity index (χ1n) is 3.77. The summed E-state index contributed by atoms with van der Waals surface area (Å²) in [5, 5.41) is 1.09. The maximum Gasteiger partial charge on any atom is 0.216 e. The van der Waals surface area contributed by atoms with E-state index in [1.807, 2.05) is 22.3 Å². The van der Waals surface area contributed by atoms with Gasteiger partial charge in [-0.25, -0.2) is 0 Å². The zero-order valence-corrected chi connectivity index (χ0v) is 11.8. The fourth-order valence-corrected chi connectivity index (χ4v) is 2.96. The largest absolute Gasteiger partial charge is 0.481 e. The second-order valence-corrected chi connectivity index (χ2v) is 5.16. The fourth-order valence-electron chi connectivity index (χ4n) is 1.19. The average molecular weight is 385 g/mol. The summed E-state index contributed by atoms with van der Waals surface area (Å²) < 4.78 is 8.10. The first-order chi connectivity index (χ1) is 6.76. The molecule has 74 valence electrons. The third kappa shape index (κ3) is 1.74. The number of ether oxygens (including phenoxy) is 1. The summed E-state index contributed by atoms with van der Waals surface area (Å²) in [6.45, 7) is 0. The summed E-state index contributed by atoms with van der Waals surface area (Å²) in [6.07, 6.45) is 1.99. The van der Waals surface area contributed by atoms with Crippen molar-refractivity contribution >= 4 is 57.3 Å². The smallest absolute Gasteiger partial charge is 0.216 e. The van der Waals surface area contributed by atoms with Crippen LogP contribution < -0.4 is 4.74 Å². The van der Waals surface area contributed by atoms with Crippen LogP contribution in [-0.4, -0.2) is 16.1 Å². The zero-order valence-electron chi connectivity index (χ0n) is 7.20. The first kappa shape index (κ1) is 10.6. The first-order valence-corrected chi connectivity index (χ1v) is 7.88. The molecule has 0 fully saturated rings. The van der Waals surface area contributed by atoms with Gasteiger partial charge in [-0.1, -0.05) is 0 Å². The van der Waals surface area contributed by atoms with Crippen LogP contribution in [0.1, 0.15) is 0 Å². The third-order valence-corrected chi connectivity index (χ3v) is 4.21. The van der Waals surface area contributed by atoms with Crippen LogP contribution in [0.25, 0.3) is 11.0 Å². The average Bonchev–Trinajstić information content (AvgIpc) is 2.61. The number of hydrogen-bond acceptors (Lipinski definition) is 3. The molecule has 0 spiro atoms. The van der Waals surface area contributed by atoms with Gasteiger partial charge in [-0.05, 0) is 22.0 Å². The van der Waals surface area contributed by atoms with E-state index in [0.717, 1.165) is 15.5 Å². The molecule has 2 heterocycles. The highest BCUT2D eigenvalue weighted by Gasteiger charge is 2.08. The molecule has 0 unspecified atom stereocenters. The van der Waals surface area contributed by atoms with Crippen molar-refractivity contribution in [3.05, 3.63) is 22.8 Å². The molecule has 0 bridgehead atoms. The molecule has 0 saturated carbocycles. The maximum atomic E-state index is 5.11. The van der Waals surface area contributed by atoms with Crippen molar-refractivity contribution < 1.29 is 4.74 Å². The van der Waals surface area contributed by atoms with Crippen molar-refractivity contribution in [2.45, 2.75) is 0 Å². The molecule has 0 saturated heterocycles. The SMILES string of the molecule is COc1cc(Br)c2ccn(SI)c2n1. The Morgan fingerprint density at radius 1 is 1.64 bits per heavy atom. The van der Waals surface area contributed by atoms with Gasteiger partial charge in [-0.3, -0.25) is 3.97 Å². The summed E-state index contributed by atoms with van der Waals surface area (Å²) in [7, 11) is 3.20. The highest BCUT2D eigenvalue weighted by molar-refractivity contribution is 14.2. The van der Waals surface area contributed by atoms with Crippen molar-refractivity contribution in [1.29, 1.82) is 0 Å². The van der Waals surface area contributed by atoms with Gasteiger partial charge in [0.1, 0.15) is 0 Å². The van der Waals surface area contributed by atoms with Crippen LogP contribution in [0.4, 0.5) is 0 Å². The number of halogens is 2. The van der Waals surface area contributed by atoms with Crippen molar-refractivity contribution in [1.82, 2.24) is 8.96 Å². The Labute approximate surface area is 106 Å². The molecule has 0 radical (unpaired) electrons. The normalized spacial score (nSPS) is 10.8. The lowest BCUT2D eigenvalue weighted by molar-refractivity contribution is 0.399. The van der Waals surface area contributed by atoms with Gasteiger partial charge >= 0.3 is 0 Å². The third-order valence-electron chi connectivity index (χ3n) is 1.83. The molecule has 3 nitrogen and oxygen atoms in total. The Morgan fingerprint density at radius 2 is 2.43 bits per heavy atom. The summed E-state index contributed by atoms with van der Waals surface area (Å²) in [5.74, 6) is 0.620. The van der Waals surface area contributed by atoms with E-state index in [4.69, 9.17) is 4.74 Å². The van der Waals surface area contributed by atoms with E-state index in [1.165, 1.54) is 0 Å². The standard InChI is InChI=1S/C8H6BrIN2OS/c1-13-7-4-6(9)5-2-3-12(14-10)8(5)11-7/h2-4H,1H3. The van der Waals surface area contributed by atoms with E-state index in [0.29, 0.717) is 5.88 Å². The highest BCUT2D eigenvalue weighted by atomic mass is 127. The minimum Gasteiger partial charge on any atom is -0.481 e. The molecule has 2 rings (SSSR count). The molecule has 0 atom stereocenters. The van der Waals surface area contributed by atoms with Gasteiger partial charge in [0.15, 0.2) is 5.65 Å². The predicted molar refractivity (Wildman–Crippen MR) is 71.0 cm³/mol. The molecule has 0 aliphatic carbocycles. The van der Waals surface area contributed by atoms with E-state index in [-0.39, 0.29) is 0 Å². The maximum absolute atomic E-state index is 5.11. The van der Waals surface area contributed by atoms with Crippen LogP contribution in [0.2, 0.25) is 0 Å². The zero-order chi connectivity index (χ0) is 10.1. The van der Waals surface area contributed by atoms with Crippen LogP contribution >= 0.6 is 46.3 Å². The van der Waals surface area contributed by atoms with Gasteiger partial charge in [0.25, 0.3) is 0 Å². The Hall–Kier alpha value is 0.0500. The number of pyridine rings is 1. The summed E-state index contributed by atoms with van der Waals surface area (Å²) in [5.41, 5.74) is 0.913. The molecule has 14 heavy (non-hydrogen) atoms. The molecule has 2 aromatic heterocycles.